The number of aromatic nitrogens is 4. The summed E-state index contributed by atoms with van der Waals surface area (Å²) in [5, 5.41) is 13.6. The van der Waals surface area contributed by atoms with Gasteiger partial charge in [0, 0.05) is 40.1 Å². The molecule has 46 heavy (non-hydrogen) atoms. The molecule has 5 aromatic rings. The summed E-state index contributed by atoms with van der Waals surface area (Å²) in [5.41, 5.74) is 5.23. The molecule has 0 spiro atoms. The Morgan fingerprint density at radius 2 is 1.78 bits per heavy atom. The number of nitrogens with one attached hydrogen (secondary N) is 1. The number of hydrogen-bond donors (Lipinski definition) is 1. The Balaban J connectivity index is 0.873. The molecule has 8 nitrogen and oxygen atoms in total. The SMILES string of the molecule is O=C(/C=C/C1=CCC=C1)c1ccc(OCCCCCn2cc(COc3ccc(Nc4ccnc5cc(Cl)ccc45)cc3)nn2)cc1. The van der Waals surface area contributed by atoms with E-state index in [4.69, 9.17) is 21.1 Å². The number of aryl methyl sites for hydroxylation is 1. The third-order valence-electron chi connectivity index (χ3n) is 7.48. The molecular formula is C37H34ClN5O3. The fourth-order valence-corrected chi connectivity index (χ4v) is 5.18. The molecule has 2 heterocycles. The first kappa shape index (κ1) is 30.8. The molecule has 0 fully saturated rings. The zero-order chi connectivity index (χ0) is 31.6. The Morgan fingerprint density at radius 3 is 2.61 bits per heavy atom. The summed E-state index contributed by atoms with van der Waals surface area (Å²) in [7, 11) is 0. The van der Waals surface area contributed by atoms with Crippen LogP contribution in [0.25, 0.3) is 10.9 Å². The highest BCUT2D eigenvalue weighted by atomic mass is 35.5. The van der Waals surface area contributed by atoms with Crippen LogP contribution >= 0.6 is 11.6 Å². The van der Waals surface area contributed by atoms with Gasteiger partial charge in [-0.2, -0.15) is 0 Å². The van der Waals surface area contributed by atoms with Crippen LogP contribution < -0.4 is 14.8 Å². The van der Waals surface area contributed by atoms with Crippen molar-refractivity contribution in [3.63, 3.8) is 0 Å². The largest absolute Gasteiger partial charge is 0.494 e. The van der Waals surface area contributed by atoms with Gasteiger partial charge < -0.3 is 14.8 Å². The number of benzene rings is 3. The number of allylic oxidation sites excluding steroid dienone is 6. The summed E-state index contributed by atoms with van der Waals surface area (Å²) in [6, 6.07) is 22.7. The monoisotopic (exact) mass is 631 g/mol. The van der Waals surface area contributed by atoms with Gasteiger partial charge in [-0.05, 0) is 110 Å². The Kier molecular flexibility index (Phi) is 10.2. The van der Waals surface area contributed by atoms with Crippen molar-refractivity contribution in [1.29, 1.82) is 0 Å². The summed E-state index contributed by atoms with van der Waals surface area (Å²) in [5.74, 6) is 1.50. The minimum absolute atomic E-state index is 0.0134. The van der Waals surface area contributed by atoms with Crippen molar-refractivity contribution >= 4 is 39.7 Å². The first-order chi connectivity index (χ1) is 22.6. The molecule has 1 aliphatic rings. The number of hydrogen-bond acceptors (Lipinski definition) is 7. The van der Waals surface area contributed by atoms with Gasteiger partial charge in [-0.15, -0.1) is 5.10 Å². The average molecular weight is 632 g/mol. The first-order valence-electron chi connectivity index (χ1n) is 15.3. The Bertz CT molecular complexity index is 1880. The quantitative estimate of drug-likeness (QED) is 0.0702. The lowest BCUT2D eigenvalue weighted by Crippen LogP contribution is -2.02. The summed E-state index contributed by atoms with van der Waals surface area (Å²) >= 11 is 6.11. The maximum Gasteiger partial charge on any atom is 0.185 e. The second kappa shape index (κ2) is 15.2. The summed E-state index contributed by atoms with van der Waals surface area (Å²) in [6.45, 7) is 1.74. The molecule has 0 amide bonds. The van der Waals surface area contributed by atoms with Gasteiger partial charge in [-0.25, -0.2) is 0 Å². The number of rotatable bonds is 15. The molecule has 1 N–H and O–H groups in total. The molecule has 0 aliphatic heterocycles. The smallest absolute Gasteiger partial charge is 0.185 e. The number of carbonyl (C=O) groups excluding carboxylic acids is 1. The summed E-state index contributed by atoms with van der Waals surface area (Å²) in [4.78, 5) is 16.8. The van der Waals surface area contributed by atoms with Gasteiger partial charge in [-0.1, -0.05) is 41.1 Å². The number of nitrogens with zero attached hydrogens (tertiary/aromatic N) is 4. The molecule has 2 aromatic heterocycles. The lowest BCUT2D eigenvalue weighted by atomic mass is 10.1. The van der Waals surface area contributed by atoms with E-state index in [-0.39, 0.29) is 5.78 Å². The number of unbranched alkanes of at least 4 members (excludes halogenated alkanes) is 2. The molecule has 232 valence electrons. The fourth-order valence-electron chi connectivity index (χ4n) is 5.02. The van der Waals surface area contributed by atoms with E-state index in [1.54, 1.807) is 12.3 Å². The zero-order valence-corrected chi connectivity index (χ0v) is 26.1. The average Bonchev–Trinajstić information content (AvgIpc) is 3.78. The number of halogens is 1. The van der Waals surface area contributed by atoms with Crippen molar-refractivity contribution in [3.05, 3.63) is 137 Å². The number of fused-ring (bicyclic) bond motifs is 1. The number of ketones is 1. The zero-order valence-electron chi connectivity index (χ0n) is 25.3. The van der Waals surface area contributed by atoms with E-state index in [0.29, 0.717) is 23.8 Å². The van der Waals surface area contributed by atoms with Crippen LogP contribution in [0.3, 0.4) is 0 Å². The van der Waals surface area contributed by atoms with E-state index in [0.717, 1.165) is 77.3 Å². The number of anilines is 2. The van der Waals surface area contributed by atoms with Crippen LogP contribution in [0.4, 0.5) is 11.4 Å². The predicted molar refractivity (Wildman–Crippen MR) is 182 cm³/mol. The van der Waals surface area contributed by atoms with Crippen molar-refractivity contribution in [2.24, 2.45) is 0 Å². The van der Waals surface area contributed by atoms with E-state index in [9.17, 15) is 4.79 Å². The first-order valence-corrected chi connectivity index (χ1v) is 15.7. The molecule has 0 unspecified atom stereocenters. The van der Waals surface area contributed by atoms with Crippen molar-refractivity contribution in [2.75, 3.05) is 11.9 Å². The maximum absolute atomic E-state index is 12.4. The topological polar surface area (TPSA) is 91.2 Å². The van der Waals surface area contributed by atoms with Crippen molar-refractivity contribution in [2.45, 2.75) is 38.8 Å². The fraction of sp³-hybridized carbons (Fsp3) is 0.189. The normalized spacial score (nSPS) is 12.5. The van der Waals surface area contributed by atoms with Crippen molar-refractivity contribution in [1.82, 2.24) is 20.0 Å². The highest BCUT2D eigenvalue weighted by molar-refractivity contribution is 6.31. The maximum atomic E-state index is 12.4. The number of pyridine rings is 1. The second-order valence-electron chi connectivity index (χ2n) is 10.9. The molecule has 9 heteroatoms. The standard InChI is InChI=1S/C37H34ClN5O3/c38-29-11-18-34-35(20-21-39-36(34)24-29)40-30-12-16-33(17-13-30)46-26-31-25-43(42-41-31)22-4-1-5-23-45-32-14-9-28(10-15-32)37(44)19-8-27-6-2-3-7-27/h2,6-21,24-25H,1,3-5,22-23,26H2,(H,39,40)/b19-8+. The van der Waals surface area contributed by atoms with Gasteiger partial charge in [0.15, 0.2) is 5.78 Å². The summed E-state index contributed by atoms with van der Waals surface area (Å²) < 4.78 is 13.6. The van der Waals surface area contributed by atoms with Gasteiger partial charge in [0.1, 0.15) is 23.8 Å². The van der Waals surface area contributed by atoms with Crippen molar-refractivity contribution < 1.29 is 14.3 Å². The predicted octanol–water partition coefficient (Wildman–Crippen LogP) is 8.68. The van der Waals surface area contributed by atoms with Gasteiger partial charge in [0.05, 0.1) is 18.3 Å². The van der Waals surface area contributed by atoms with Gasteiger partial charge in [0.25, 0.3) is 0 Å². The van der Waals surface area contributed by atoms with Gasteiger partial charge >= 0.3 is 0 Å². The molecule has 0 atom stereocenters. The Morgan fingerprint density at radius 1 is 0.957 bits per heavy atom. The van der Waals surface area contributed by atoms with E-state index >= 15 is 0 Å². The van der Waals surface area contributed by atoms with Crippen LogP contribution in [0.5, 0.6) is 11.5 Å². The molecule has 0 saturated heterocycles. The minimum Gasteiger partial charge on any atom is -0.494 e. The van der Waals surface area contributed by atoms with Crippen LogP contribution in [-0.2, 0) is 13.2 Å². The molecule has 0 radical (unpaired) electrons. The van der Waals surface area contributed by atoms with Crippen LogP contribution in [-0.4, -0.2) is 32.4 Å². The lowest BCUT2D eigenvalue weighted by molar-refractivity contribution is 0.104. The molecule has 1 aliphatic carbocycles. The minimum atomic E-state index is -0.0134. The van der Waals surface area contributed by atoms with Crippen LogP contribution in [0.15, 0.2) is 121 Å². The van der Waals surface area contributed by atoms with Crippen LogP contribution in [0, 0.1) is 0 Å². The third kappa shape index (κ3) is 8.49. The molecule has 0 bridgehead atoms. The second-order valence-corrected chi connectivity index (χ2v) is 11.3. The Hall–Kier alpha value is -5.21. The van der Waals surface area contributed by atoms with E-state index in [2.05, 4.69) is 32.8 Å². The number of carbonyl (C=O) groups is 1. The molecule has 0 saturated carbocycles. The third-order valence-corrected chi connectivity index (χ3v) is 7.71. The van der Waals surface area contributed by atoms with E-state index < -0.39 is 0 Å². The van der Waals surface area contributed by atoms with Gasteiger partial charge in [-0.3, -0.25) is 14.5 Å². The van der Waals surface area contributed by atoms with E-state index in [1.807, 2.05) is 95.8 Å². The molecular weight excluding hydrogens is 598 g/mol. The Labute approximate surface area is 273 Å². The van der Waals surface area contributed by atoms with Gasteiger partial charge in [0.2, 0.25) is 0 Å². The highest BCUT2D eigenvalue weighted by Gasteiger charge is 2.07. The number of ether oxygens (including phenoxy) is 2. The van der Waals surface area contributed by atoms with E-state index in [1.165, 1.54) is 0 Å². The van der Waals surface area contributed by atoms with Crippen LogP contribution in [0.2, 0.25) is 5.02 Å². The lowest BCUT2D eigenvalue weighted by Gasteiger charge is -2.10. The molecule has 3 aromatic carbocycles. The van der Waals surface area contributed by atoms with Crippen molar-refractivity contribution in [3.8, 4) is 11.5 Å². The molecule has 6 rings (SSSR count). The summed E-state index contributed by atoms with van der Waals surface area (Å²) in [6.07, 6.45) is 17.2. The van der Waals surface area contributed by atoms with Crippen LogP contribution in [0.1, 0.15) is 41.7 Å². The highest BCUT2D eigenvalue weighted by Crippen LogP contribution is 2.28.